The van der Waals surface area contributed by atoms with Crippen LogP contribution in [0.5, 0.6) is 0 Å². The van der Waals surface area contributed by atoms with Gasteiger partial charge in [-0.25, -0.2) is 0 Å². The van der Waals surface area contributed by atoms with Crippen molar-refractivity contribution in [2.75, 3.05) is 13.7 Å². The van der Waals surface area contributed by atoms with Crippen molar-refractivity contribution in [2.24, 2.45) is 11.8 Å². The van der Waals surface area contributed by atoms with Gasteiger partial charge in [-0.15, -0.1) is 21.8 Å². The largest absolute Gasteiger partial charge is 0.384 e. The van der Waals surface area contributed by atoms with Crippen molar-refractivity contribution in [1.82, 2.24) is 14.8 Å². The number of methoxy groups -OCH3 is 1. The van der Waals surface area contributed by atoms with E-state index in [1.54, 1.807) is 7.11 Å². The Balaban J connectivity index is 2.79. The fraction of sp³-hybridized carbons (Fsp3) is 0.833. The Kier molecular flexibility index (Phi) is 5.92. The highest BCUT2D eigenvalue weighted by atomic mass is 35.5. The number of halogens is 1. The molecule has 0 saturated carbocycles. The van der Waals surface area contributed by atoms with Crippen LogP contribution in [0.25, 0.3) is 0 Å². The van der Waals surface area contributed by atoms with Crippen LogP contribution in [0.1, 0.15) is 32.4 Å². The molecule has 0 aliphatic rings. The smallest absolute Gasteiger partial charge is 0.147 e. The van der Waals surface area contributed by atoms with Crippen LogP contribution < -0.4 is 0 Å². The standard InChI is InChI=1S/C12H22ClN3O/c1-9(2)7-16-11(5-10(3)8-17-4)14-15-12(16)6-13/h9-10H,5-8H2,1-4H3. The molecule has 0 aromatic carbocycles. The summed E-state index contributed by atoms with van der Waals surface area (Å²) in [5.41, 5.74) is 0. The number of hydrogen-bond donors (Lipinski definition) is 0. The van der Waals surface area contributed by atoms with E-state index in [0.717, 1.165) is 31.2 Å². The zero-order valence-electron chi connectivity index (χ0n) is 11.1. The monoisotopic (exact) mass is 259 g/mol. The second kappa shape index (κ2) is 6.97. The lowest BCUT2D eigenvalue weighted by Gasteiger charge is -2.14. The SMILES string of the molecule is COCC(C)Cc1nnc(CCl)n1CC(C)C. The van der Waals surface area contributed by atoms with E-state index in [1.807, 2.05) is 0 Å². The van der Waals surface area contributed by atoms with Crippen molar-refractivity contribution in [1.29, 1.82) is 0 Å². The van der Waals surface area contributed by atoms with Crippen LogP contribution in [0, 0.1) is 11.8 Å². The van der Waals surface area contributed by atoms with E-state index in [4.69, 9.17) is 16.3 Å². The lowest BCUT2D eigenvalue weighted by molar-refractivity contribution is 0.158. The minimum atomic E-state index is 0.415. The fourth-order valence-electron chi connectivity index (χ4n) is 1.85. The van der Waals surface area contributed by atoms with Crippen molar-refractivity contribution in [2.45, 2.75) is 39.6 Å². The molecule has 0 bridgehead atoms. The van der Waals surface area contributed by atoms with Crippen LogP contribution in [0.4, 0.5) is 0 Å². The van der Waals surface area contributed by atoms with Gasteiger partial charge in [0.15, 0.2) is 0 Å². The van der Waals surface area contributed by atoms with Crippen LogP contribution in [0.15, 0.2) is 0 Å². The van der Waals surface area contributed by atoms with Gasteiger partial charge in [0.1, 0.15) is 11.6 Å². The Bertz CT molecular complexity index is 338. The average molecular weight is 260 g/mol. The quantitative estimate of drug-likeness (QED) is 0.707. The zero-order chi connectivity index (χ0) is 12.8. The normalized spacial score (nSPS) is 13.3. The number of alkyl halides is 1. The summed E-state index contributed by atoms with van der Waals surface area (Å²) in [6.45, 7) is 8.17. The number of ether oxygens (including phenoxy) is 1. The summed E-state index contributed by atoms with van der Waals surface area (Å²) in [7, 11) is 1.72. The van der Waals surface area contributed by atoms with Crippen LogP contribution >= 0.6 is 11.6 Å². The lowest BCUT2D eigenvalue weighted by atomic mass is 10.1. The van der Waals surface area contributed by atoms with Gasteiger partial charge in [-0.2, -0.15) is 0 Å². The summed E-state index contributed by atoms with van der Waals surface area (Å²) in [6, 6.07) is 0. The summed E-state index contributed by atoms with van der Waals surface area (Å²) in [6.07, 6.45) is 0.879. The Morgan fingerprint density at radius 3 is 2.41 bits per heavy atom. The summed E-state index contributed by atoms with van der Waals surface area (Å²) in [5.74, 6) is 3.29. The molecule has 1 unspecified atom stereocenters. The van der Waals surface area contributed by atoms with Gasteiger partial charge < -0.3 is 9.30 Å². The van der Waals surface area contributed by atoms with Crippen molar-refractivity contribution in [3.63, 3.8) is 0 Å². The maximum atomic E-state index is 5.88. The second-order valence-corrected chi connectivity index (χ2v) is 5.20. The highest BCUT2D eigenvalue weighted by molar-refractivity contribution is 6.16. The molecule has 1 aromatic rings. The second-order valence-electron chi connectivity index (χ2n) is 4.94. The van der Waals surface area contributed by atoms with Gasteiger partial charge in [-0.05, 0) is 11.8 Å². The Morgan fingerprint density at radius 1 is 1.24 bits per heavy atom. The molecule has 0 spiro atoms. The van der Waals surface area contributed by atoms with Crippen LogP contribution in [0.2, 0.25) is 0 Å². The highest BCUT2D eigenvalue weighted by Gasteiger charge is 2.14. The topological polar surface area (TPSA) is 39.9 Å². The van der Waals surface area contributed by atoms with Crippen LogP contribution in [-0.4, -0.2) is 28.5 Å². The molecule has 0 amide bonds. The van der Waals surface area contributed by atoms with Crippen molar-refractivity contribution in [3.8, 4) is 0 Å². The Labute approximate surface area is 108 Å². The maximum Gasteiger partial charge on any atom is 0.147 e. The third kappa shape index (κ3) is 4.28. The van der Waals surface area contributed by atoms with Gasteiger partial charge in [0.2, 0.25) is 0 Å². The van der Waals surface area contributed by atoms with E-state index in [1.165, 1.54) is 0 Å². The number of hydrogen-bond acceptors (Lipinski definition) is 3. The molecule has 0 radical (unpaired) electrons. The average Bonchev–Trinajstić information content (AvgIpc) is 2.60. The Hall–Kier alpha value is -0.610. The first-order valence-corrected chi connectivity index (χ1v) is 6.57. The van der Waals surface area contributed by atoms with Crippen LogP contribution in [0.3, 0.4) is 0 Å². The number of aromatic nitrogens is 3. The molecule has 0 saturated heterocycles. The van der Waals surface area contributed by atoms with E-state index in [0.29, 0.717) is 17.7 Å². The van der Waals surface area contributed by atoms with Gasteiger partial charge in [-0.3, -0.25) is 0 Å². The molecule has 1 aromatic heterocycles. The van der Waals surface area contributed by atoms with E-state index in [-0.39, 0.29) is 0 Å². The molecule has 1 atom stereocenters. The third-order valence-corrected chi connectivity index (χ3v) is 2.79. The third-order valence-electron chi connectivity index (χ3n) is 2.55. The molecule has 5 heteroatoms. The minimum absolute atomic E-state index is 0.415. The Morgan fingerprint density at radius 2 is 1.88 bits per heavy atom. The van der Waals surface area contributed by atoms with E-state index in [2.05, 4.69) is 35.5 Å². The summed E-state index contributed by atoms with van der Waals surface area (Å²) < 4.78 is 7.29. The van der Waals surface area contributed by atoms with Crippen molar-refractivity contribution < 1.29 is 4.74 Å². The molecule has 0 aliphatic heterocycles. The molecule has 17 heavy (non-hydrogen) atoms. The predicted molar refractivity (Wildman–Crippen MR) is 69.2 cm³/mol. The molecular formula is C12H22ClN3O. The number of rotatable bonds is 7. The van der Waals surface area contributed by atoms with E-state index < -0.39 is 0 Å². The van der Waals surface area contributed by atoms with Gasteiger partial charge >= 0.3 is 0 Å². The fourth-order valence-corrected chi connectivity index (χ4v) is 2.05. The number of nitrogens with zero attached hydrogens (tertiary/aromatic N) is 3. The van der Waals surface area contributed by atoms with Crippen LogP contribution in [-0.2, 0) is 23.6 Å². The molecule has 1 heterocycles. The van der Waals surface area contributed by atoms with Crippen molar-refractivity contribution >= 4 is 11.6 Å². The summed E-state index contributed by atoms with van der Waals surface area (Å²) in [4.78, 5) is 0. The molecular weight excluding hydrogens is 238 g/mol. The summed E-state index contributed by atoms with van der Waals surface area (Å²) >= 11 is 5.88. The molecule has 1 rings (SSSR count). The predicted octanol–water partition coefficient (Wildman–Crippen LogP) is 2.50. The van der Waals surface area contributed by atoms with Gasteiger partial charge in [0, 0.05) is 26.7 Å². The molecule has 0 aliphatic carbocycles. The first-order chi connectivity index (χ1) is 8.08. The molecule has 98 valence electrons. The zero-order valence-corrected chi connectivity index (χ0v) is 11.9. The van der Waals surface area contributed by atoms with Gasteiger partial charge in [0.05, 0.1) is 5.88 Å². The van der Waals surface area contributed by atoms with Gasteiger partial charge in [0.25, 0.3) is 0 Å². The first kappa shape index (κ1) is 14.5. The summed E-state index contributed by atoms with van der Waals surface area (Å²) in [5, 5.41) is 8.38. The van der Waals surface area contributed by atoms with E-state index in [9.17, 15) is 0 Å². The maximum absolute atomic E-state index is 5.88. The minimum Gasteiger partial charge on any atom is -0.384 e. The molecule has 0 fully saturated rings. The van der Waals surface area contributed by atoms with Crippen molar-refractivity contribution in [3.05, 3.63) is 11.6 Å². The van der Waals surface area contributed by atoms with E-state index >= 15 is 0 Å². The highest BCUT2D eigenvalue weighted by Crippen LogP contribution is 2.13. The lowest BCUT2D eigenvalue weighted by Crippen LogP contribution is -2.15. The molecule has 4 nitrogen and oxygen atoms in total. The first-order valence-electron chi connectivity index (χ1n) is 6.04. The van der Waals surface area contributed by atoms with Gasteiger partial charge in [-0.1, -0.05) is 20.8 Å². The molecule has 0 N–H and O–H groups in total.